The van der Waals surface area contributed by atoms with Gasteiger partial charge < -0.3 is 14.0 Å². The van der Waals surface area contributed by atoms with Gasteiger partial charge in [0.15, 0.2) is 0 Å². The SMILES string of the molecule is CCOCCCOc1ccc2c(C#N)c(-c3ccc(NS(=O)O)cc3)n(C3CCC3)c2c1. The Hall–Kier alpha value is -2.86. The lowest BCUT2D eigenvalue weighted by Gasteiger charge is -2.30. The van der Waals surface area contributed by atoms with Crippen LogP contribution in [-0.4, -0.2) is 33.1 Å². The van der Waals surface area contributed by atoms with E-state index in [9.17, 15) is 9.47 Å². The number of hydrogen-bond donors (Lipinski definition) is 2. The maximum Gasteiger partial charge on any atom is 0.259 e. The number of nitrogens with one attached hydrogen (secondary N) is 1. The summed E-state index contributed by atoms with van der Waals surface area (Å²) in [4.78, 5) is 0. The Balaban J connectivity index is 1.73. The van der Waals surface area contributed by atoms with Crippen LogP contribution in [0.2, 0.25) is 0 Å². The van der Waals surface area contributed by atoms with E-state index in [1.807, 2.05) is 37.3 Å². The smallest absolute Gasteiger partial charge is 0.259 e. The molecule has 4 rings (SSSR count). The molecule has 1 fully saturated rings. The van der Waals surface area contributed by atoms with E-state index >= 15 is 0 Å². The number of nitrogens with zero attached hydrogens (tertiary/aromatic N) is 2. The van der Waals surface area contributed by atoms with E-state index in [2.05, 4.69) is 15.4 Å². The predicted molar refractivity (Wildman–Crippen MR) is 126 cm³/mol. The number of nitriles is 1. The van der Waals surface area contributed by atoms with Crippen molar-refractivity contribution in [3.63, 3.8) is 0 Å². The van der Waals surface area contributed by atoms with Gasteiger partial charge in [0, 0.05) is 42.8 Å². The van der Waals surface area contributed by atoms with Crippen molar-refractivity contribution in [3.05, 3.63) is 48.0 Å². The van der Waals surface area contributed by atoms with Crippen LogP contribution in [0.25, 0.3) is 22.2 Å². The molecule has 1 unspecified atom stereocenters. The lowest BCUT2D eigenvalue weighted by molar-refractivity contribution is 0.131. The summed E-state index contributed by atoms with van der Waals surface area (Å²) in [6, 6.07) is 15.9. The van der Waals surface area contributed by atoms with Gasteiger partial charge in [-0.05, 0) is 56.0 Å². The molecule has 2 aromatic carbocycles. The summed E-state index contributed by atoms with van der Waals surface area (Å²) in [5.74, 6) is 0.785. The molecule has 0 amide bonds. The number of anilines is 1. The van der Waals surface area contributed by atoms with Crippen LogP contribution >= 0.6 is 0 Å². The second-order valence-electron chi connectivity index (χ2n) is 7.80. The minimum atomic E-state index is -2.13. The molecule has 0 aliphatic heterocycles. The molecule has 0 spiro atoms. The molecule has 2 N–H and O–H groups in total. The van der Waals surface area contributed by atoms with Crippen LogP contribution in [0.5, 0.6) is 5.75 Å². The molecule has 0 radical (unpaired) electrons. The van der Waals surface area contributed by atoms with E-state index in [1.165, 1.54) is 6.42 Å². The van der Waals surface area contributed by atoms with E-state index in [4.69, 9.17) is 14.0 Å². The first-order valence-corrected chi connectivity index (χ1v) is 12.0. The Morgan fingerprint density at radius 2 is 2.00 bits per heavy atom. The summed E-state index contributed by atoms with van der Waals surface area (Å²) in [6.45, 7) is 3.93. The van der Waals surface area contributed by atoms with Gasteiger partial charge in [-0.15, -0.1) is 0 Å². The summed E-state index contributed by atoms with van der Waals surface area (Å²) in [5, 5.41) is 10.9. The van der Waals surface area contributed by atoms with Crippen LogP contribution in [0.15, 0.2) is 42.5 Å². The van der Waals surface area contributed by atoms with E-state index in [0.29, 0.717) is 37.1 Å². The molecular weight excluding hydrogens is 426 g/mol. The maximum atomic E-state index is 11.0. The third-order valence-electron chi connectivity index (χ3n) is 5.80. The highest BCUT2D eigenvalue weighted by Crippen LogP contribution is 2.43. The zero-order chi connectivity index (χ0) is 22.5. The van der Waals surface area contributed by atoms with Crippen molar-refractivity contribution < 1.29 is 18.2 Å². The van der Waals surface area contributed by atoms with Gasteiger partial charge in [-0.25, -0.2) is 4.21 Å². The van der Waals surface area contributed by atoms with Crippen molar-refractivity contribution in [1.82, 2.24) is 4.57 Å². The number of fused-ring (bicyclic) bond motifs is 1. The van der Waals surface area contributed by atoms with E-state index in [1.54, 1.807) is 12.1 Å². The van der Waals surface area contributed by atoms with Gasteiger partial charge in [0.2, 0.25) is 0 Å². The molecule has 0 saturated heterocycles. The first kappa shape index (κ1) is 22.3. The Morgan fingerprint density at radius 1 is 1.22 bits per heavy atom. The average Bonchev–Trinajstić information content (AvgIpc) is 3.06. The van der Waals surface area contributed by atoms with Crippen molar-refractivity contribution in [3.8, 4) is 23.1 Å². The van der Waals surface area contributed by atoms with Gasteiger partial charge in [-0.1, -0.05) is 12.1 Å². The van der Waals surface area contributed by atoms with E-state index in [-0.39, 0.29) is 0 Å². The number of ether oxygens (including phenoxy) is 2. The minimum Gasteiger partial charge on any atom is -0.493 e. The number of rotatable bonds is 10. The summed E-state index contributed by atoms with van der Waals surface area (Å²) >= 11 is -2.13. The normalized spacial score (nSPS) is 14.7. The Bertz CT molecular complexity index is 1150. The van der Waals surface area contributed by atoms with Crippen molar-refractivity contribution in [2.24, 2.45) is 0 Å². The first-order valence-electron chi connectivity index (χ1n) is 10.9. The van der Waals surface area contributed by atoms with Crippen molar-refractivity contribution in [2.45, 2.75) is 38.6 Å². The Morgan fingerprint density at radius 3 is 2.62 bits per heavy atom. The van der Waals surface area contributed by atoms with Gasteiger partial charge >= 0.3 is 0 Å². The molecule has 3 aromatic rings. The number of aromatic nitrogens is 1. The molecule has 1 heterocycles. The van der Waals surface area contributed by atoms with Gasteiger partial charge in [0.1, 0.15) is 11.8 Å². The van der Waals surface area contributed by atoms with E-state index < -0.39 is 11.3 Å². The molecule has 8 heteroatoms. The van der Waals surface area contributed by atoms with Gasteiger partial charge in [-0.3, -0.25) is 9.27 Å². The number of hydrogen-bond acceptors (Lipinski definition) is 4. The lowest BCUT2D eigenvalue weighted by Crippen LogP contribution is -2.17. The Kier molecular flexibility index (Phi) is 7.10. The standard InChI is InChI=1S/C24H27N3O4S/c1-2-30-13-4-14-31-20-11-12-21-22(16-25)24(27(23(21)15-20)19-5-3-6-19)17-7-9-18(10-8-17)26-32(28)29/h7-12,15,19,26H,2-6,13-14H2,1H3,(H,28,29). The fraction of sp³-hybridized carbons (Fsp3) is 0.375. The van der Waals surface area contributed by atoms with Crippen LogP contribution in [0.4, 0.5) is 5.69 Å². The average molecular weight is 454 g/mol. The zero-order valence-electron chi connectivity index (χ0n) is 18.0. The molecule has 1 atom stereocenters. The summed E-state index contributed by atoms with van der Waals surface area (Å²) in [6.07, 6.45) is 4.14. The highest BCUT2D eigenvalue weighted by molar-refractivity contribution is 7.80. The molecule has 1 aliphatic rings. The molecule has 0 bridgehead atoms. The molecule has 1 saturated carbocycles. The molecule has 168 valence electrons. The maximum absolute atomic E-state index is 11.0. The van der Waals surface area contributed by atoms with Crippen LogP contribution in [0, 0.1) is 11.3 Å². The fourth-order valence-corrected chi connectivity index (χ4v) is 4.43. The van der Waals surface area contributed by atoms with Crippen LogP contribution in [0.1, 0.15) is 44.2 Å². The van der Waals surface area contributed by atoms with Crippen LogP contribution in [0.3, 0.4) is 0 Å². The van der Waals surface area contributed by atoms with Gasteiger partial charge in [0.05, 0.1) is 23.4 Å². The highest BCUT2D eigenvalue weighted by Gasteiger charge is 2.28. The molecule has 1 aliphatic carbocycles. The highest BCUT2D eigenvalue weighted by atomic mass is 32.2. The summed E-state index contributed by atoms with van der Waals surface area (Å²) < 4.78 is 36.1. The van der Waals surface area contributed by atoms with Crippen LogP contribution < -0.4 is 9.46 Å². The zero-order valence-corrected chi connectivity index (χ0v) is 18.9. The van der Waals surface area contributed by atoms with Gasteiger partial charge in [-0.2, -0.15) is 5.26 Å². The quantitative estimate of drug-likeness (QED) is 0.322. The van der Waals surface area contributed by atoms with Gasteiger partial charge in [0.25, 0.3) is 11.3 Å². The second kappa shape index (κ2) is 10.2. The molecule has 7 nitrogen and oxygen atoms in total. The van der Waals surface area contributed by atoms with E-state index in [0.717, 1.165) is 47.2 Å². The molecular formula is C24H27N3O4S. The van der Waals surface area contributed by atoms with Crippen molar-refractivity contribution in [2.75, 3.05) is 24.5 Å². The summed E-state index contributed by atoms with van der Waals surface area (Å²) in [5.41, 5.74) is 3.97. The molecule has 32 heavy (non-hydrogen) atoms. The first-order chi connectivity index (χ1) is 15.6. The molecule has 1 aromatic heterocycles. The fourth-order valence-electron chi connectivity index (χ4n) is 4.09. The second-order valence-corrected chi connectivity index (χ2v) is 8.50. The number of benzene rings is 2. The van der Waals surface area contributed by atoms with Crippen molar-refractivity contribution in [1.29, 1.82) is 5.26 Å². The Labute approximate surface area is 190 Å². The third-order valence-corrected chi connectivity index (χ3v) is 6.21. The van der Waals surface area contributed by atoms with Crippen molar-refractivity contribution >= 4 is 27.9 Å². The lowest BCUT2D eigenvalue weighted by atomic mass is 9.92. The van der Waals surface area contributed by atoms with Crippen LogP contribution in [-0.2, 0) is 16.0 Å². The summed E-state index contributed by atoms with van der Waals surface area (Å²) in [7, 11) is 0. The predicted octanol–water partition coefficient (Wildman–Crippen LogP) is 5.26. The monoisotopic (exact) mass is 453 g/mol. The largest absolute Gasteiger partial charge is 0.493 e. The minimum absolute atomic E-state index is 0.338. The third kappa shape index (κ3) is 4.65. The topological polar surface area (TPSA) is 96.5 Å².